The van der Waals surface area contributed by atoms with E-state index in [-0.39, 0.29) is 5.91 Å². The molecule has 5 nitrogen and oxygen atoms in total. The van der Waals surface area contributed by atoms with Crippen LogP contribution >= 0.6 is 0 Å². The molecule has 0 radical (unpaired) electrons. The summed E-state index contributed by atoms with van der Waals surface area (Å²) in [7, 11) is 1.31. The Morgan fingerprint density at radius 1 is 1.42 bits per heavy atom. The number of carbonyl (C=O) groups is 2. The molecule has 0 fully saturated rings. The normalized spacial score (nSPS) is 11.7. The van der Waals surface area contributed by atoms with Crippen molar-refractivity contribution in [1.29, 1.82) is 0 Å². The zero-order chi connectivity index (χ0) is 14.3. The molecule has 1 atom stereocenters. The van der Waals surface area contributed by atoms with Crippen molar-refractivity contribution in [1.82, 2.24) is 0 Å². The van der Waals surface area contributed by atoms with Gasteiger partial charge in [-0.2, -0.15) is 0 Å². The number of anilines is 1. The molecule has 0 aliphatic rings. The van der Waals surface area contributed by atoms with Crippen LogP contribution in [-0.2, 0) is 9.53 Å². The molecule has 0 aliphatic carbocycles. The third kappa shape index (κ3) is 4.71. The maximum atomic E-state index is 11.8. The van der Waals surface area contributed by atoms with Crippen LogP contribution < -0.4 is 11.1 Å². The minimum atomic E-state index is -0.526. The Morgan fingerprint density at radius 3 is 2.79 bits per heavy atom. The van der Waals surface area contributed by atoms with Gasteiger partial charge in [0, 0.05) is 5.69 Å². The number of carbonyl (C=O) groups excluding carboxylic acids is 2. The topological polar surface area (TPSA) is 81.4 Å². The first-order valence-electron chi connectivity index (χ1n) is 6.33. The van der Waals surface area contributed by atoms with Gasteiger partial charge in [-0.25, -0.2) is 4.79 Å². The van der Waals surface area contributed by atoms with E-state index in [1.165, 1.54) is 7.11 Å². The standard InChI is InChI=1S/C14H20N2O3/c1-3-4-8-12(15)13(17)16-11-7-5-6-10(9-11)14(18)19-2/h5-7,9,12H,3-4,8,15H2,1-2H3,(H,16,17)/t12-/m0/s1. The first-order chi connectivity index (χ1) is 9.08. The number of benzene rings is 1. The fourth-order valence-corrected chi connectivity index (χ4v) is 1.63. The maximum Gasteiger partial charge on any atom is 0.337 e. The minimum absolute atomic E-state index is 0.240. The lowest BCUT2D eigenvalue weighted by molar-refractivity contribution is -0.117. The van der Waals surface area contributed by atoms with E-state index in [0.717, 1.165) is 12.8 Å². The number of esters is 1. The first-order valence-corrected chi connectivity index (χ1v) is 6.33. The van der Waals surface area contributed by atoms with Gasteiger partial charge in [-0.1, -0.05) is 25.8 Å². The van der Waals surface area contributed by atoms with Gasteiger partial charge < -0.3 is 15.8 Å². The minimum Gasteiger partial charge on any atom is -0.465 e. The summed E-state index contributed by atoms with van der Waals surface area (Å²) in [4.78, 5) is 23.2. The summed E-state index contributed by atoms with van der Waals surface area (Å²) < 4.78 is 4.62. The van der Waals surface area contributed by atoms with E-state index in [4.69, 9.17) is 5.73 Å². The average molecular weight is 264 g/mol. The van der Waals surface area contributed by atoms with E-state index in [9.17, 15) is 9.59 Å². The van der Waals surface area contributed by atoms with Gasteiger partial charge in [0.15, 0.2) is 0 Å². The van der Waals surface area contributed by atoms with Crippen LogP contribution in [0, 0.1) is 0 Å². The van der Waals surface area contributed by atoms with Crippen LogP contribution in [0.2, 0.25) is 0 Å². The lowest BCUT2D eigenvalue weighted by Gasteiger charge is -2.12. The molecule has 0 spiro atoms. The van der Waals surface area contributed by atoms with E-state index in [1.54, 1.807) is 24.3 Å². The molecule has 0 aromatic heterocycles. The Balaban J connectivity index is 2.66. The summed E-state index contributed by atoms with van der Waals surface area (Å²) in [6.45, 7) is 2.05. The Kier molecular flexibility index (Phi) is 6.02. The fraction of sp³-hybridized carbons (Fsp3) is 0.429. The average Bonchev–Trinajstić information content (AvgIpc) is 2.44. The molecule has 0 unspecified atom stereocenters. The monoisotopic (exact) mass is 264 g/mol. The smallest absolute Gasteiger partial charge is 0.337 e. The lowest BCUT2D eigenvalue weighted by atomic mass is 10.1. The molecule has 0 saturated carbocycles. The molecule has 1 rings (SSSR count). The highest BCUT2D eigenvalue weighted by molar-refractivity contribution is 5.96. The predicted molar refractivity (Wildman–Crippen MR) is 73.9 cm³/mol. The molecule has 0 heterocycles. The van der Waals surface area contributed by atoms with Crippen molar-refractivity contribution >= 4 is 17.6 Å². The molecule has 1 aromatic rings. The number of rotatable bonds is 6. The number of methoxy groups -OCH3 is 1. The summed E-state index contributed by atoms with van der Waals surface area (Å²) in [5.74, 6) is -0.679. The van der Waals surface area contributed by atoms with Crippen molar-refractivity contribution in [2.75, 3.05) is 12.4 Å². The van der Waals surface area contributed by atoms with Gasteiger partial charge in [-0.15, -0.1) is 0 Å². The molecular weight excluding hydrogens is 244 g/mol. The van der Waals surface area contributed by atoms with Crippen LogP contribution in [0.25, 0.3) is 0 Å². The third-order valence-corrected chi connectivity index (χ3v) is 2.76. The quantitative estimate of drug-likeness (QED) is 0.769. The highest BCUT2D eigenvalue weighted by Gasteiger charge is 2.13. The van der Waals surface area contributed by atoms with Crippen molar-refractivity contribution in [3.63, 3.8) is 0 Å². The number of nitrogens with two attached hydrogens (primary N) is 1. The Labute approximate surface area is 113 Å². The second-order valence-corrected chi connectivity index (χ2v) is 4.31. The molecule has 0 bridgehead atoms. The summed E-state index contributed by atoms with van der Waals surface area (Å²) in [6, 6.07) is 6.05. The maximum absolute atomic E-state index is 11.8. The molecule has 3 N–H and O–H groups in total. The molecule has 0 saturated heterocycles. The summed E-state index contributed by atoms with van der Waals surface area (Å²) in [5.41, 5.74) is 6.70. The van der Waals surface area contributed by atoms with Crippen LogP contribution in [0.4, 0.5) is 5.69 Å². The number of hydrogen-bond acceptors (Lipinski definition) is 4. The molecule has 1 aromatic carbocycles. The van der Waals surface area contributed by atoms with Crippen molar-refractivity contribution in [2.45, 2.75) is 32.2 Å². The van der Waals surface area contributed by atoms with Crippen molar-refractivity contribution < 1.29 is 14.3 Å². The SMILES string of the molecule is CCCC[C@H](N)C(=O)Nc1cccc(C(=O)OC)c1. The van der Waals surface area contributed by atoms with Crippen LogP contribution in [0.5, 0.6) is 0 Å². The molecular formula is C14H20N2O3. The van der Waals surface area contributed by atoms with Gasteiger partial charge in [-0.05, 0) is 24.6 Å². The van der Waals surface area contributed by atoms with Gasteiger partial charge in [-0.3, -0.25) is 4.79 Å². The number of amides is 1. The largest absolute Gasteiger partial charge is 0.465 e. The summed E-state index contributed by atoms with van der Waals surface area (Å²) in [6.07, 6.45) is 2.56. The number of nitrogens with one attached hydrogen (secondary N) is 1. The van der Waals surface area contributed by atoms with Crippen molar-refractivity contribution in [3.05, 3.63) is 29.8 Å². The van der Waals surface area contributed by atoms with E-state index in [1.807, 2.05) is 6.92 Å². The molecule has 104 valence electrons. The third-order valence-electron chi connectivity index (χ3n) is 2.76. The first kappa shape index (κ1) is 15.2. The fourth-order valence-electron chi connectivity index (χ4n) is 1.63. The lowest BCUT2D eigenvalue weighted by Crippen LogP contribution is -2.35. The number of unbranched alkanes of at least 4 members (excludes halogenated alkanes) is 1. The second kappa shape index (κ2) is 7.53. The molecule has 0 aliphatic heterocycles. The number of ether oxygens (including phenoxy) is 1. The molecule has 19 heavy (non-hydrogen) atoms. The van der Waals surface area contributed by atoms with Crippen molar-refractivity contribution in [2.24, 2.45) is 5.73 Å². The van der Waals surface area contributed by atoms with Crippen LogP contribution in [0.3, 0.4) is 0 Å². The van der Waals surface area contributed by atoms with Gasteiger partial charge in [0.1, 0.15) is 0 Å². The Morgan fingerprint density at radius 2 is 2.16 bits per heavy atom. The van der Waals surface area contributed by atoms with E-state index in [0.29, 0.717) is 17.7 Å². The van der Waals surface area contributed by atoms with E-state index >= 15 is 0 Å². The zero-order valence-electron chi connectivity index (χ0n) is 11.3. The molecule has 5 heteroatoms. The van der Waals surface area contributed by atoms with Crippen LogP contribution in [0.15, 0.2) is 24.3 Å². The van der Waals surface area contributed by atoms with E-state index in [2.05, 4.69) is 10.1 Å². The summed E-state index contributed by atoms with van der Waals surface area (Å²) in [5, 5.41) is 2.70. The Bertz CT molecular complexity index is 446. The van der Waals surface area contributed by atoms with E-state index < -0.39 is 12.0 Å². The summed E-state index contributed by atoms with van der Waals surface area (Å²) >= 11 is 0. The van der Waals surface area contributed by atoms with Crippen LogP contribution in [-0.4, -0.2) is 25.0 Å². The van der Waals surface area contributed by atoms with Gasteiger partial charge >= 0.3 is 5.97 Å². The number of hydrogen-bond donors (Lipinski definition) is 2. The van der Waals surface area contributed by atoms with Gasteiger partial charge in [0.2, 0.25) is 5.91 Å². The molecule has 1 amide bonds. The van der Waals surface area contributed by atoms with Crippen LogP contribution in [0.1, 0.15) is 36.5 Å². The van der Waals surface area contributed by atoms with Gasteiger partial charge in [0.05, 0.1) is 18.7 Å². The predicted octanol–water partition coefficient (Wildman–Crippen LogP) is 1.93. The zero-order valence-corrected chi connectivity index (χ0v) is 11.3. The highest BCUT2D eigenvalue weighted by Crippen LogP contribution is 2.12. The Hall–Kier alpha value is -1.88. The second-order valence-electron chi connectivity index (χ2n) is 4.31. The van der Waals surface area contributed by atoms with Crippen molar-refractivity contribution in [3.8, 4) is 0 Å². The highest BCUT2D eigenvalue weighted by atomic mass is 16.5. The van der Waals surface area contributed by atoms with Gasteiger partial charge in [0.25, 0.3) is 0 Å².